The van der Waals surface area contributed by atoms with Crippen LogP contribution in [0.5, 0.6) is 0 Å². The molecule has 1 aliphatic heterocycles. The van der Waals surface area contributed by atoms with Gasteiger partial charge in [0.2, 0.25) is 5.91 Å². The fourth-order valence-corrected chi connectivity index (χ4v) is 2.66. The van der Waals surface area contributed by atoms with Crippen molar-refractivity contribution in [2.24, 2.45) is 0 Å². The Bertz CT molecular complexity index is 566. The zero-order valence-electron chi connectivity index (χ0n) is 12.7. The SMILES string of the molecule is CN(C)C(=O)Cn1c2c(ccc1=O)CCN(CCO)CC2. The molecule has 6 heteroatoms. The summed E-state index contributed by atoms with van der Waals surface area (Å²) in [7, 11) is 3.38. The molecule has 0 saturated heterocycles. The average molecular weight is 293 g/mol. The molecule has 116 valence electrons. The molecule has 21 heavy (non-hydrogen) atoms. The first-order valence-electron chi connectivity index (χ1n) is 7.28. The van der Waals surface area contributed by atoms with Gasteiger partial charge in [0.15, 0.2) is 0 Å². The van der Waals surface area contributed by atoms with Gasteiger partial charge >= 0.3 is 0 Å². The highest BCUT2D eigenvalue weighted by Crippen LogP contribution is 2.14. The standard InChI is InChI=1S/C15H23N3O3/c1-16(2)15(21)11-18-13-6-8-17(9-10-19)7-5-12(13)3-4-14(18)20/h3-4,19H,5-11H2,1-2H3. The summed E-state index contributed by atoms with van der Waals surface area (Å²) in [5, 5.41) is 9.06. The quantitative estimate of drug-likeness (QED) is 0.799. The van der Waals surface area contributed by atoms with E-state index in [9.17, 15) is 9.59 Å². The van der Waals surface area contributed by atoms with Gasteiger partial charge in [0, 0.05) is 51.9 Å². The molecule has 0 saturated carbocycles. The minimum Gasteiger partial charge on any atom is -0.395 e. The molecule has 1 aromatic rings. The number of aliphatic hydroxyl groups excluding tert-OH is 1. The summed E-state index contributed by atoms with van der Waals surface area (Å²) in [6, 6.07) is 3.42. The Kier molecular flexibility index (Phi) is 5.14. The third kappa shape index (κ3) is 3.71. The van der Waals surface area contributed by atoms with Gasteiger partial charge in [0.1, 0.15) is 6.54 Å². The van der Waals surface area contributed by atoms with E-state index >= 15 is 0 Å². The number of rotatable bonds is 4. The molecule has 2 heterocycles. The maximum atomic E-state index is 12.1. The number of pyridine rings is 1. The highest BCUT2D eigenvalue weighted by atomic mass is 16.3. The van der Waals surface area contributed by atoms with E-state index in [0.29, 0.717) is 6.54 Å². The molecule has 0 spiro atoms. The fourth-order valence-electron chi connectivity index (χ4n) is 2.66. The second-order valence-corrected chi connectivity index (χ2v) is 5.58. The number of hydrogen-bond acceptors (Lipinski definition) is 4. The van der Waals surface area contributed by atoms with Crippen molar-refractivity contribution in [3.63, 3.8) is 0 Å². The number of fused-ring (bicyclic) bond motifs is 1. The van der Waals surface area contributed by atoms with E-state index in [-0.39, 0.29) is 24.6 Å². The minimum atomic E-state index is -0.125. The van der Waals surface area contributed by atoms with Gasteiger partial charge < -0.3 is 19.5 Å². The predicted molar refractivity (Wildman–Crippen MR) is 80.3 cm³/mol. The lowest BCUT2D eigenvalue weighted by Gasteiger charge is -2.18. The van der Waals surface area contributed by atoms with E-state index in [0.717, 1.165) is 37.2 Å². The van der Waals surface area contributed by atoms with Crippen LogP contribution in [-0.4, -0.2) is 65.7 Å². The van der Waals surface area contributed by atoms with Crippen LogP contribution in [0.1, 0.15) is 11.3 Å². The number of aromatic nitrogens is 1. The van der Waals surface area contributed by atoms with Crippen LogP contribution in [0, 0.1) is 0 Å². The molecule has 1 aromatic heterocycles. The molecule has 1 amide bonds. The number of carbonyl (C=O) groups excluding carboxylic acids is 1. The number of aliphatic hydroxyl groups is 1. The van der Waals surface area contributed by atoms with Crippen molar-refractivity contribution < 1.29 is 9.90 Å². The lowest BCUT2D eigenvalue weighted by atomic mass is 10.1. The van der Waals surface area contributed by atoms with Crippen molar-refractivity contribution in [3.8, 4) is 0 Å². The van der Waals surface area contributed by atoms with E-state index in [1.54, 1.807) is 24.7 Å². The topological polar surface area (TPSA) is 65.8 Å². The molecular weight excluding hydrogens is 270 g/mol. The first-order valence-corrected chi connectivity index (χ1v) is 7.28. The second-order valence-electron chi connectivity index (χ2n) is 5.58. The molecule has 0 bridgehead atoms. The van der Waals surface area contributed by atoms with Crippen LogP contribution in [-0.2, 0) is 24.2 Å². The van der Waals surface area contributed by atoms with Crippen LogP contribution >= 0.6 is 0 Å². The Balaban J connectivity index is 2.28. The van der Waals surface area contributed by atoms with Crippen LogP contribution in [0.4, 0.5) is 0 Å². The van der Waals surface area contributed by atoms with Gasteiger partial charge in [0.25, 0.3) is 5.56 Å². The number of hydrogen-bond donors (Lipinski definition) is 1. The lowest BCUT2D eigenvalue weighted by Crippen LogP contribution is -2.34. The molecule has 0 radical (unpaired) electrons. The summed E-state index contributed by atoms with van der Waals surface area (Å²) in [5.74, 6) is -0.0815. The Hall–Kier alpha value is -1.66. The Labute approximate surface area is 124 Å². The van der Waals surface area contributed by atoms with E-state index in [4.69, 9.17) is 5.11 Å². The van der Waals surface area contributed by atoms with Gasteiger partial charge in [-0.3, -0.25) is 9.59 Å². The van der Waals surface area contributed by atoms with Crippen LogP contribution in [0.25, 0.3) is 0 Å². The highest BCUT2D eigenvalue weighted by molar-refractivity contribution is 5.75. The first kappa shape index (κ1) is 15.7. The summed E-state index contributed by atoms with van der Waals surface area (Å²) in [6.07, 6.45) is 1.57. The summed E-state index contributed by atoms with van der Waals surface area (Å²) in [6.45, 7) is 2.55. The van der Waals surface area contributed by atoms with Gasteiger partial charge in [-0.25, -0.2) is 0 Å². The van der Waals surface area contributed by atoms with Crippen molar-refractivity contribution >= 4 is 5.91 Å². The maximum absolute atomic E-state index is 12.1. The Morgan fingerprint density at radius 1 is 1.29 bits per heavy atom. The molecule has 0 fully saturated rings. The number of amides is 1. The van der Waals surface area contributed by atoms with E-state index in [2.05, 4.69) is 4.90 Å². The van der Waals surface area contributed by atoms with Crippen molar-refractivity contribution in [3.05, 3.63) is 33.7 Å². The number of likely N-dealkylation sites (N-methyl/N-ethyl adjacent to an activating group) is 1. The molecule has 0 aromatic carbocycles. The van der Waals surface area contributed by atoms with Crippen LogP contribution < -0.4 is 5.56 Å². The molecule has 1 N–H and O–H groups in total. The number of β-amino-alcohol motifs (C(OH)–C–C–N with tert-alkyl or cyclic N) is 1. The molecule has 0 atom stereocenters. The second kappa shape index (κ2) is 6.87. The van der Waals surface area contributed by atoms with Gasteiger partial charge in [0.05, 0.1) is 6.61 Å². The molecule has 1 aliphatic rings. The number of nitrogens with zero attached hydrogens (tertiary/aromatic N) is 3. The zero-order chi connectivity index (χ0) is 15.4. The van der Waals surface area contributed by atoms with Gasteiger partial charge in [-0.2, -0.15) is 0 Å². The summed E-state index contributed by atoms with van der Waals surface area (Å²) in [5.41, 5.74) is 1.96. The monoisotopic (exact) mass is 293 g/mol. The van der Waals surface area contributed by atoms with Crippen LogP contribution in [0.3, 0.4) is 0 Å². The van der Waals surface area contributed by atoms with Crippen molar-refractivity contribution in [1.29, 1.82) is 0 Å². The van der Waals surface area contributed by atoms with Crippen LogP contribution in [0.15, 0.2) is 16.9 Å². The normalized spacial score (nSPS) is 15.4. The van der Waals surface area contributed by atoms with Crippen molar-refractivity contribution in [1.82, 2.24) is 14.4 Å². The minimum absolute atomic E-state index is 0.0815. The highest BCUT2D eigenvalue weighted by Gasteiger charge is 2.18. The van der Waals surface area contributed by atoms with Crippen molar-refractivity contribution in [2.75, 3.05) is 40.3 Å². The first-order chi connectivity index (χ1) is 10.0. The lowest BCUT2D eigenvalue weighted by molar-refractivity contribution is -0.129. The molecule has 2 rings (SSSR count). The molecule has 0 aliphatic carbocycles. The molecular formula is C15H23N3O3. The molecule has 0 unspecified atom stereocenters. The van der Waals surface area contributed by atoms with E-state index in [1.165, 1.54) is 4.90 Å². The Morgan fingerprint density at radius 2 is 2.00 bits per heavy atom. The third-order valence-electron chi connectivity index (χ3n) is 3.96. The van der Waals surface area contributed by atoms with Crippen LogP contribution in [0.2, 0.25) is 0 Å². The largest absolute Gasteiger partial charge is 0.395 e. The maximum Gasteiger partial charge on any atom is 0.251 e. The number of carbonyl (C=O) groups is 1. The summed E-state index contributed by atoms with van der Waals surface area (Å²) >= 11 is 0. The smallest absolute Gasteiger partial charge is 0.251 e. The predicted octanol–water partition coefficient (Wildman–Crippen LogP) is -0.671. The van der Waals surface area contributed by atoms with Crippen molar-refractivity contribution in [2.45, 2.75) is 19.4 Å². The van der Waals surface area contributed by atoms with E-state index in [1.807, 2.05) is 6.07 Å². The zero-order valence-corrected chi connectivity index (χ0v) is 12.7. The van der Waals surface area contributed by atoms with E-state index < -0.39 is 0 Å². The average Bonchev–Trinajstić information content (AvgIpc) is 2.65. The summed E-state index contributed by atoms with van der Waals surface area (Å²) < 4.78 is 1.60. The van der Waals surface area contributed by atoms with Gasteiger partial charge in [-0.1, -0.05) is 6.07 Å². The Morgan fingerprint density at radius 3 is 2.67 bits per heavy atom. The van der Waals surface area contributed by atoms with Gasteiger partial charge in [-0.15, -0.1) is 0 Å². The third-order valence-corrected chi connectivity index (χ3v) is 3.96. The molecule has 6 nitrogen and oxygen atoms in total. The van der Waals surface area contributed by atoms with Gasteiger partial charge in [-0.05, 0) is 12.0 Å². The summed E-state index contributed by atoms with van der Waals surface area (Å²) in [4.78, 5) is 27.7. The fraction of sp³-hybridized carbons (Fsp3) is 0.600.